The van der Waals surface area contributed by atoms with Crippen molar-refractivity contribution < 1.29 is 36.7 Å². The molecule has 0 aliphatic heterocycles. The first kappa shape index (κ1) is 21.1. The van der Waals surface area contributed by atoms with Gasteiger partial charge in [-0.25, -0.2) is 14.4 Å². The minimum absolute atomic E-state index is 0.0300. The number of halogens is 4. The maximum atomic E-state index is 13.7. The molecule has 0 aliphatic carbocycles. The van der Waals surface area contributed by atoms with Crippen molar-refractivity contribution in [2.45, 2.75) is 6.36 Å². The molecule has 0 aliphatic rings. The van der Waals surface area contributed by atoms with Crippen molar-refractivity contribution in [1.29, 1.82) is 0 Å². The monoisotopic (exact) mass is 578 g/mol. The van der Waals surface area contributed by atoms with Crippen LogP contribution in [0.3, 0.4) is 0 Å². The number of ether oxygens (including phenoxy) is 1. The zero-order valence-corrected chi connectivity index (χ0v) is 22.1. The lowest BCUT2D eigenvalue weighted by atomic mass is 10.1. The van der Waals surface area contributed by atoms with Gasteiger partial charge < -0.3 is 29.7 Å². The number of nitrogens with zero attached hydrogens (tertiary/aromatic N) is 5. The van der Waals surface area contributed by atoms with E-state index in [1.807, 2.05) is 4.90 Å². The fraction of sp³-hybridized carbons (Fsp3) is 0.250. The Morgan fingerprint density at radius 3 is 2.63 bits per heavy atom. The van der Waals surface area contributed by atoms with Crippen molar-refractivity contribution in [3.8, 4) is 17.0 Å². The molecule has 2 aromatic heterocycles. The van der Waals surface area contributed by atoms with Crippen molar-refractivity contribution in [3.63, 3.8) is 0 Å². The number of hydrogen-bond acceptors (Lipinski definition) is 7. The third kappa shape index (κ3) is 7.11. The van der Waals surface area contributed by atoms with Gasteiger partial charge in [0.15, 0.2) is 11.6 Å². The van der Waals surface area contributed by atoms with Crippen LogP contribution >= 0.6 is 0 Å². The van der Waals surface area contributed by atoms with Crippen molar-refractivity contribution in [2.24, 2.45) is 6.98 Å². The Bertz CT molecular complexity index is 1900. The van der Waals surface area contributed by atoms with E-state index in [0.717, 1.165) is 18.3 Å². The molecule has 0 radical (unpaired) electrons. The van der Waals surface area contributed by atoms with Crippen LogP contribution in [0, 0.1) is 0 Å². The van der Waals surface area contributed by atoms with Crippen LogP contribution in [0.15, 0.2) is 67.2 Å². The summed E-state index contributed by atoms with van der Waals surface area (Å²) >= 11 is 0. The molecule has 0 spiro atoms. The number of para-hydroxylation sites is 1. The number of aromatic nitrogens is 3. The second kappa shape index (κ2) is 11.8. The molecule has 2 N–H and O–H groups in total. The van der Waals surface area contributed by atoms with Crippen LogP contribution in [0.25, 0.3) is 22.2 Å². The Morgan fingerprint density at radius 2 is 1.95 bits per heavy atom. The average molecular weight is 579 g/mol. The summed E-state index contributed by atoms with van der Waals surface area (Å²) in [6, 6.07) is 0.916. The van der Waals surface area contributed by atoms with Gasteiger partial charge >= 0.3 is 6.36 Å². The van der Waals surface area contributed by atoms with E-state index in [9.17, 15) is 22.4 Å². The van der Waals surface area contributed by atoms with Crippen LogP contribution in [0.1, 0.15) is 9.60 Å². The van der Waals surface area contributed by atoms with Gasteiger partial charge in [-0.05, 0) is 32.3 Å². The van der Waals surface area contributed by atoms with Crippen molar-refractivity contribution in [1.82, 2.24) is 19.4 Å². The Morgan fingerprint density at radius 1 is 1.20 bits per heavy atom. The largest absolute Gasteiger partial charge is 0.573 e. The molecule has 0 saturated heterocycles. The van der Waals surface area contributed by atoms with Gasteiger partial charge in [-0.1, -0.05) is 24.7 Å². The zero-order chi connectivity index (χ0) is 35.9. The van der Waals surface area contributed by atoms with E-state index in [1.165, 1.54) is 17.2 Å². The predicted molar refractivity (Wildman–Crippen MR) is 151 cm³/mol. The lowest BCUT2D eigenvalue weighted by Crippen LogP contribution is -2.29. The first-order valence-corrected chi connectivity index (χ1v) is 11.9. The number of benzene rings is 2. The molecule has 41 heavy (non-hydrogen) atoms. The number of alkyl halides is 3. The number of hydrogen-bond donors (Lipinski definition) is 2. The number of aryl methyl sites for hydroxylation is 1. The Balaban J connectivity index is 1.89. The number of carbonyl (C=O) groups is 1. The fourth-order valence-corrected chi connectivity index (χ4v) is 3.78. The molecular weight excluding hydrogens is 542 g/mol. The van der Waals surface area contributed by atoms with Crippen LogP contribution in [0.5, 0.6) is 5.75 Å². The maximum Gasteiger partial charge on any atom is 0.573 e. The quantitative estimate of drug-likeness (QED) is 0.185. The van der Waals surface area contributed by atoms with Gasteiger partial charge in [-0.15, -0.1) is 13.2 Å². The maximum absolute atomic E-state index is 13.7. The number of carbonyl (C=O) groups excluding carboxylic acids is 1. The van der Waals surface area contributed by atoms with Crippen molar-refractivity contribution >= 4 is 39.8 Å². The molecule has 4 rings (SSSR count). The molecule has 216 valence electrons. The Labute approximate surface area is 243 Å². The van der Waals surface area contributed by atoms with E-state index >= 15 is 0 Å². The molecule has 2 aromatic carbocycles. The molecule has 0 atom stereocenters. The van der Waals surface area contributed by atoms with Gasteiger partial charge in [0.2, 0.25) is 5.95 Å². The van der Waals surface area contributed by atoms with Crippen molar-refractivity contribution in [3.05, 3.63) is 67.2 Å². The highest BCUT2D eigenvalue weighted by Gasteiger charge is 2.33. The standard InChI is InChI=1S/C28H29F4N7O2/c1-17(29)26(40)34-21-14-22(25(41-28(30,31)32)15-24(21)38(4)13-12-37(2)3)36-27-33-11-10-20(35-27)19-16-39(5)23-9-7-6-8-18(19)23/h6-11,14-16H,1,12-13H2,2-5H3,(H,34,40)(H,33,35,36)/i5D3,6D,7D,8D,9D. The summed E-state index contributed by atoms with van der Waals surface area (Å²) in [6.45, 7) is 0.823. The summed E-state index contributed by atoms with van der Waals surface area (Å²) in [4.78, 5) is 23.9. The summed E-state index contributed by atoms with van der Waals surface area (Å²) < 4.78 is 116. The molecular formula is C28H29F4N7O2. The van der Waals surface area contributed by atoms with Gasteiger partial charge in [0.1, 0.15) is 0 Å². The lowest BCUT2D eigenvalue weighted by Gasteiger charge is -2.26. The summed E-state index contributed by atoms with van der Waals surface area (Å²) in [7, 11) is 5.10. The van der Waals surface area contributed by atoms with E-state index in [2.05, 4.69) is 31.9 Å². The van der Waals surface area contributed by atoms with Gasteiger partial charge in [0.25, 0.3) is 5.91 Å². The highest BCUT2D eigenvalue weighted by molar-refractivity contribution is 6.04. The van der Waals surface area contributed by atoms with Crippen molar-refractivity contribution in [2.75, 3.05) is 49.8 Å². The average Bonchev–Trinajstić information content (AvgIpc) is 3.40. The van der Waals surface area contributed by atoms with E-state index in [1.54, 1.807) is 21.1 Å². The van der Waals surface area contributed by atoms with E-state index in [4.69, 9.17) is 9.60 Å². The predicted octanol–water partition coefficient (Wildman–Crippen LogP) is 5.70. The van der Waals surface area contributed by atoms with Crippen LogP contribution in [0.2, 0.25) is 0 Å². The van der Waals surface area contributed by atoms with Gasteiger partial charge in [0.05, 0.1) is 28.2 Å². The number of amides is 1. The molecule has 4 aromatic rings. The van der Waals surface area contributed by atoms with E-state index in [-0.39, 0.29) is 46.0 Å². The molecule has 0 bridgehead atoms. The summed E-state index contributed by atoms with van der Waals surface area (Å²) in [5.74, 6) is -3.72. The molecule has 1 amide bonds. The minimum atomic E-state index is -5.17. The molecule has 2 heterocycles. The Kier molecular flexibility index (Phi) is 6.11. The summed E-state index contributed by atoms with van der Waals surface area (Å²) in [5.41, 5.74) is -0.888. The third-order valence-corrected chi connectivity index (χ3v) is 5.73. The third-order valence-electron chi connectivity index (χ3n) is 5.73. The number of rotatable bonds is 10. The first-order chi connectivity index (χ1) is 22.2. The van der Waals surface area contributed by atoms with E-state index in [0.29, 0.717) is 11.1 Å². The topological polar surface area (TPSA) is 87.6 Å². The molecule has 0 unspecified atom stereocenters. The van der Waals surface area contributed by atoms with Gasteiger partial charge in [-0.3, -0.25) is 4.79 Å². The highest BCUT2D eigenvalue weighted by atomic mass is 19.4. The number of anilines is 4. The zero-order valence-electron chi connectivity index (χ0n) is 29.1. The summed E-state index contributed by atoms with van der Waals surface area (Å²) in [6.07, 6.45) is -2.91. The van der Waals surface area contributed by atoms with Crippen LogP contribution in [0.4, 0.5) is 40.6 Å². The number of likely N-dealkylation sites (N-methyl/N-ethyl adjacent to an activating group) is 2. The molecule has 0 fully saturated rings. The lowest BCUT2D eigenvalue weighted by molar-refractivity contribution is -0.274. The van der Waals surface area contributed by atoms with E-state index < -0.39 is 60.7 Å². The second-order valence-electron chi connectivity index (χ2n) is 9.02. The van der Waals surface area contributed by atoms with Crippen LogP contribution < -0.4 is 20.3 Å². The Hall–Kier alpha value is -4.65. The van der Waals surface area contributed by atoms with Crippen LogP contribution in [-0.4, -0.2) is 65.9 Å². The highest BCUT2D eigenvalue weighted by Crippen LogP contribution is 2.40. The second-order valence-corrected chi connectivity index (χ2v) is 9.02. The molecule has 13 heteroatoms. The normalized spacial score (nSPS) is 14.3. The smallest absolute Gasteiger partial charge is 0.403 e. The van der Waals surface area contributed by atoms with Gasteiger partial charge in [-0.2, -0.15) is 0 Å². The summed E-state index contributed by atoms with van der Waals surface area (Å²) in [5, 5.41) is 4.70. The molecule has 9 nitrogen and oxygen atoms in total. The van der Waals surface area contributed by atoms with Crippen LogP contribution in [-0.2, 0) is 11.8 Å². The number of fused-ring (bicyclic) bond motifs is 1. The molecule has 0 saturated carbocycles. The SMILES string of the molecule is [2H]c1c([2H])c([2H])c2c(c(-c3ccnc(Nc4cc(NC(=O)C(=C)F)c(N(C)CCN(C)C)cc4OC(F)(F)F)n3)cn2C([2H])([2H])[2H])c1[2H]. The number of nitrogens with one attached hydrogen (secondary N) is 2. The fourth-order valence-electron chi connectivity index (χ4n) is 3.78. The minimum Gasteiger partial charge on any atom is -0.403 e. The first-order valence-electron chi connectivity index (χ1n) is 15.4. The van der Waals surface area contributed by atoms with Gasteiger partial charge in [0, 0.05) is 66.2 Å².